The molecule has 30 heavy (non-hydrogen) atoms. The highest BCUT2D eigenvalue weighted by Gasteiger charge is 2.41. The van der Waals surface area contributed by atoms with Crippen LogP contribution in [0, 0.1) is 13.8 Å². The molecule has 0 saturated carbocycles. The maximum Gasteiger partial charge on any atom is 0.251 e. The van der Waals surface area contributed by atoms with Crippen molar-refractivity contribution in [2.24, 2.45) is 7.05 Å². The fraction of sp³-hybridized carbons (Fsp3) is 0.261. The third-order valence-corrected chi connectivity index (χ3v) is 6.22. The van der Waals surface area contributed by atoms with Crippen molar-refractivity contribution in [3.05, 3.63) is 76.5 Å². The first-order valence-corrected chi connectivity index (χ1v) is 11.0. The van der Waals surface area contributed by atoms with Crippen molar-refractivity contribution in [2.45, 2.75) is 30.7 Å². The molecule has 0 aliphatic carbocycles. The van der Waals surface area contributed by atoms with Gasteiger partial charge in [0.25, 0.3) is 5.91 Å². The summed E-state index contributed by atoms with van der Waals surface area (Å²) in [5.74, 6) is -0.162. The third kappa shape index (κ3) is 3.61. The van der Waals surface area contributed by atoms with Crippen molar-refractivity contribution in [1.82, 2.24) is 15.1 Å². The molecule has 0 saturated heterocycles. The Morgan fingerprint density at radius 2 is 1.90 bits per heavy atom. The van der Waals surface area contributed by atoms with Gasteiger partial charge < -0.3 is 10.6 Å². The van der Waals surface area contributed by atoms with E-state index in [1.807, 2.05) is 69.6 Å². The Morgan fingerprint density at radius 3 is 2.57 bits per heavy atom. The minimum Gasteiger partial charge on any atom is -0.339 e. The van der Waals surface area contributed by atoms with Crippen LogP contribution in [0.1, 0.15) is 38.7 Å². The number of fused-ring (bicyclic) bond motifs is 1. The second kappa shape index (κ2) is 7.99. The van der Waals surface area contributed by atoms with Crippen LogP contribution in [-0.4, -0.2) is 33.9 Å². The molecule has 2 atom stereocenters. The highest BCUT2D eigenvalue weighted by Crippen LogP contribution is 2.39. The molecular formula is C23H24N4O2S. The first-order valence-electron chi connectivity index (χ1n) is 9.75. The molecule has 0 bridgehead atoms. The van der Waals surface area contributed by atoms with Crippen LogP contribution in [0.5, 0.6) is 0 Å². The Bertz CT molecular complexity index is 1120. The number of carbonyl (C=O) groups excluding carboxylic acids is 2. The number of hydrogen-bond acceptors (Lipinski definition) is 4. The number of nitrogens with zero attached hydrogens (tertiary/aromatic N) is 2. The van der Waals surface area contributed by atoms with E-state index in [9.17, 15) is 9.59 Å². The zero-order valence-corrected chi connectivity index (χ0v) is 18.2. The standard InChI is InChI=1S/C23H24N4O2S/c1-13-6-5-7-16(12-13)22(28)24-20-19(15-8-10-17(30-4)11-9-15)18-14(2)26-27(3)21(18)25-23(20)29/h5-12,19-20H,1-4H3,(H,24,28)(H,25,29). The van der Waals surface area contributed by atoms with Crippen LogP contribution < -0.4 is 10.6 Å². The predicted octanol–water partition coefficient (Wildman–Crippen LogP) is 3.64. The van der Waals surface area contributed by atoms with Crippen LogP contribution in [0.15, 0.2) is 53.4 Å². The van der Waals surface area contributed by atoms with Gasteiger partial charge in [-0.25, -0.2) is 0 Å². The third-order valence-electron chi connectivity index (χ3n) is 5.48. The van der Waals surface area contributed by atoms with Gasteiger partial charge in [0.15, 0.2) is 0 Å². The number of anilines is 1. The summed E-state index contributed by atoms with van der Waals surface area (Å²) in [4.78, 5) is 27.2. The Labute approximate surface area is 180 Å². The molecule has 7 heteroatoms. The molecule has 0 spiro atoms. The molecular weight excluding hydrogens is 396 g/mol. The molecule has 0 fully saturated rings. The SMILES string of the molecule is CSc1ccc(C2c3c(C)nn(C)c3NC(=O)C2NC(=O)c2cccc(C)c2)cc1. The van der Waals surface area contributed by atoms with Crippen molar-refractivity contribution in [3.63, 3.8) is 0 Å². The summed E-state index contributed by atoms with van der Waals surface area (Å²) >= 11 is 1.66. The van der Waals surface area contributed by atoms with Gasteiger partial charge >= 0.3 is 0 Å². The van der Waals surface area contributed by atoms with E-state index in [0.717, 1.165) is 27.3 Å². The monoisotopic (exact) mass is 420 g/mol. The molecule has 2 N–H and O–H groups in total. The van der Waals surface area contributed by atoms with E-state index in [2.05, 4.69) is 15.7 Å². The summed E-state index contributed by atoms with van der Waals surface area (Å²) in [5, 5.41) is 10.4. The lowest BCUT2D eigenvalue weighted by molar-refractivity contribution is -0.118. The van der Waals surface area contributed by atoms with Gasteiger partial charge in [-0.15, -0.1) is 11.8 Å². The summed E-state index contributed by atoms with van der Waals surface area (Å²) < 4.78 is 1.68. The van der Waals surface area contributed by atoms with E-state index in [4.69, 9.17) is 0 Å². The fourth-order valence-electron chi connectivity index (χ4n) is 4.04. The fourth-order valence-corrected chi connectivity index (χ4v) is 4.45. The molecule has 2 unspecified atom stereocenters. The molecule has 4 rings (SSSR count). The maximum absolute atomic E-state index is 13.1. The Kier molecular flexibility index (Phi) is 5.39. The quantitative estimate of drug-likeness (QED) is 0.632. The maximum atomic E-state index is 13.1. The normalized spacial score (nSPS) is 17.9. The number of nitrogens with one attached hydrogen (secondary N) is 2. The number of aromatic nitrogens is 2. The lowest BCUT2D eigenvalue weighted by atomic mass is 9.82. The molecule has 2 aromatic carbocycles. The summed E-state index contributed by atoms with van der Waals surface area (Å²) in [6.07, 6.45) is 2.03. The van der Waals surface area contributed by atoms with E-state index in [-0.39, 0.29) is 17.7 Å². The first-order chi connectivity index (χ1) is 14.4. The minimum absolute atomic E-state index is 0.245. The highest BCUT2D eigenvalue weighted by molar-refractivity contribution is 7.98. The Balaban J connectivity index is 1.77. The second-order valence-electron chi connectivity index (χ2n) is 7.53. The molecule has 2 heterocycles. The average molecular weight is 421 g/mol. The summed E-state index contributed by atoms with van der Waals surface area (Å²) in [5.41, 5.74) is 4.26. The van der Waals surface area contributed by atoms with Gasteiger partial charge in [0.2, 0.25) is 5.91 Å². The summed E-state index contributed by atoms with van der Waals surface area (Å²) in [7, 11) is 1.81. The van der Waals surface area contributed by atoms with Crippen LogP contribution in [0.25, 0.3) is 0 Å². The smallest absolute Gasteiger partial charge is 0.251 e. The van der Waals surface area contributed by atoms with Crippen molar-refractivity contribution in [2.75, 3.05) is 11.6 Å². The van der Waals surface area contributed by atoms with Gasteiger partial charge in [-0.3, -0.25) is 14.3 Å². The topological polar surface area (TPSA) is 76.0 Å². The lowest BCUT2D eigenvalue weighted by Gasteiger charge is -2.32. The van der Waals surface area contributed by atoms with Crippen molar-refractivity contribution in [3.8, 4) is 0 Å². The molecule has 154 valence electrons. The van der Waals surface area contributed by atoms with Crippen molar-refractivity contribution >= 4 is 29.4 Å². The number of carbonyl (C=O) groups is 2. The zero-order chi connectivity index (χ0) is 21.4. The highest BCUT2D eigenvalue weighted by atomic mass is 32.2. The molecule has 1 aromatic heterocycles. The average Bonchev–Trinajstić information content (AvgIpc) is 3.01. The van der Waals surface area contributed by atoms with Crippen LogP contribution in [0.3, 0.4) is 0 Å². The van der Waals surface area contributed by atoms with Crippen molar-refractivity contribution < 1.29 is 9.59 Å². The predicted molar refractivity (Wildman–Crippen MR) is 119 cm³/mol. The molecule has 1 aliphatic rings. The molecule has 2 amide bonds. The lowest BCUT2D eigenvalue weighted by Crippen LogP contribution is -2.50. The number of thioether (sulfide) groups is 1. The number of amides is 2. The molecule has 3 aromatic rings. The number of rotatable bonds is 4. The van der Waals surface area contributed by atoms with E-state index in [0.29, 0.717) is 11.4 Å². The van der Waals surface area contributed by atoms with Gasteiger partial charge in [0.05, 0.1) is 5.69 Å². The first kappa shape index (κ1) is 20.2. The molecule has 1 aliphatic heterocycles. The molecule has 6 nitrogen and oxygen atoms in total. The summed E-state index contributed by atoms with van der Waals surface area (Å²) in [6.45, 7) is 3.87. The van der Waals surface area contributed by atoms with E-state index >= 15 is 0 Å². The van der Waals surface area contributed by atoms with E-state index < -0.39 is 6.04 Å². The van der Waals surface area contributed by atoms with Gasteiger partial charge in [0, 0.05) is 29.0 Å². The van der Waals surface area contributed by atoms with E-state index in [1.165, 1.54) is 0 Å². The van der Waals surface area contributed by atoms with Crippen LogP contribution >= 0.6 is 11.8 Å². The summed E-state index contributed by atoms with van der Waals surface area (Å²) in [6, 6.07) is 14.7. The minimum atomic E-state index is -0.742. The van der Waals surface area contributed by atoms with Crippen LogP contribution in [0.4, 0.5) is 5.82 Å². The van der Waals surface area contributed by atoms with Crippen molar-refractivity contribution in [1.29, 1.82) is 0 Å². The largest absolute Gasteiger partial charge is 0.339 e. The van der Waals surface area contributed by atoms with Gasteiger partial charge in [-0.05, 0) is 49.9 Å². The van der Waals surface area contributed by atoms with Gasteiger partial charge in [-0.1, -0.05) is 29.8 Å². The Hall–Kier alpha value is -3.06. The number of hydrogen-bond donors (Lipinski definition) is 2. The van der Waals surface area contributed by atoms with Gasteiger partial charge in [0.1, 0.15) is 11.9 Å². The van der Waals surface area contributed by atoms with Crippen LogP contribution in [-0.2, 0) is 11.8 Å². The number of aryl methyl sites for hydroxylation is 3. The second-order valence-corrected chi connectivity index (χ2v) is 8.41. The van der Waals surface area contributed by atoms with Crippen LogP contribution in [0.2, 0.25) is 0 Å². The van der Waals surface area contributed by atoms with E-state index in [1.54, 1.807) is 22.5 Å². The molecule has 0 radical (unpaired) electrons. The van der Waals surface area contributed by atoms with Gasteiger partial charge in [-0.2, -0.15) is 5.10 Å². The Morgan fingerprint density at radius 1 is 1.17 bits per heavy atom. The number of benzene rings is 2. The zero-order valence-electron chi connectivity index (χ0n) is 17.4.